The fourth-order valence-corrected chi connectivity index (χ4v) is 1.94. The van der Waals surface area contributed by atoms with Gasteiger partial charge in [0.1, 0.15) is 13.1 Å². The van der Waals surface area contributed by atoms with Crippen molar-refractivity contribution in [2.75, 3.05) is 13.4 Å². The number of hydrogen-bond donors (Lipinski definition) is 1. The fourth-order valence-electron chi connectivity index (χ4n) is 1.94. The van der Waals surface area contributed by atoms with Gasteiger partial charge in [0.15, 0.2) is 11.2 Å². The molecule has 0 saturated carbocycles. The number of nitrogens with zero attached hydrogens (tertiary/aromatic N) is 4. The number of imidazole rings is 1. The van der Waals surface area contributed by atoms with E-state index in [1.54, 1.807) is 6.92 Å². The molecular formula is C11H16N4O5. The van der Waals surface area contributed by atoms with Crippen LogP contribution in [0.25, 0.3) is 11.2 Å². The fraction of sp³-hybridized carbons (Fsp3) is 0.545. The van der Waals surface area contributed by atoms with Crippen molar-refractivity contribution in [2.24, 2.45) is 14.1 Å². The summed E-state index contributed by atoms with van der Waals surface area (Å²) in [4.78, 5) is 28.1. The van der Waals surface area contributed by atoms with Crippen molar-refractivity contribution in [2.45, 2.75) is 13.3 Å². The van der Waals surface area contributed by atoms with E-state index >= 15 is 0 Å². The van der Waals surface area contributed by atoms with Crippen molar-refractivity contribution >= 4 is 11.2 Å². The van der Waals surface area contributed by atoms with E-state index in [1.807, 2.05) is 0 Å². The maximum Gasteiger partial charge on any atom is 0.332 e. The molecule has 2 aromatic rings. The first-order valence-electron chi connectivity index (χ1n) is 5.99. The largest absolute Gasteiger partial charge is 0.370 e. The van der Waals surface area contributed by atoms with E-state index in [0.717, 1.165) is 4.57 Å². The number of ether oxygens (including phenoxy) is 2. The first-order valence-corrected chi connectivity index (χ1v) is 5.99. The van der Waals surface area contributed by atoms with Gasteiger partial charge in [-0.2, -0.15) is 0 Å². The van der Waals surface area contributed by atoms with Crippen LogP contribution in [0.2, 0.25) is 0 Å². The summed E-state index contributed by atoms with van der Waals surface area (Å²) in [5.41, 5.74) is -0.582. The third-order valence-corrected chi connectivity index (χ3v) is 2.93. The molecule has 1 N–H and O–H groups in total. The van der Waals surface area contributed by atoms with Gasteiger partial charge >= 0.3 is 5.69 Å². The molecule has 0 bridgehead atoms. The van der Waals surface area contributed by atoms with Crippen molar-refractivity contribution in [3.8, 4) is 0 Å². The monoisotopic (exact) mass is 284 g/mol. The van der Waals surface area contributed by atoms with Crippen LogP contribution in [-0.4, -0.2) is 37.2 Å². The van der Waals surface area contributed by atoms with Gasteiger partial charge in [-0.15, -0.1) is 0 Å². The molecule has 2 heterocycles. The van der Waals surface area contributed by atoms with Crippen LogP contribution >= 0.6 is 0 Å². The standard InChI is InChI=1S/C11H16N4O5/c1-4-19-11(20-6-16)15-5-12-8-7(15)9(17)14(3)10(18)13(8)2/h5,11,16H,4,6H2,1-3H3. The van der Waals surface area contributed by atoms with E-state index in [4.69, 9.17) is 14.6 Å². The minimum Gasteiger partial charge on any atom is -0.370 e. The predicted molar refractivity (Wildman–Crippen MR) is 69.0 cm³/mol. The number of aromatic nitrogens is 4. The molecule has 20 heavy (non-hydrogen) atoms. The van der Waals surface area contributed by atoms with Crippen molar-refractivity contribution in [1.82, 2.24) is 18.7 Å². The maximum atomic E-state index is 12.2. The molecular weight excluding hydrogens is 268 g/mol. The van der Waals surface area contributed by atoms with Crippen LogP contribution in [0.4, 0.5) is 0 Å². The van der Waals surface area contributed by atoms with Crippen molar-refractivity contribution in [3.63, 3.8) is 0 Å². The molecule has 0 aliphatic carbocycles. The number of fused-ring (bicyclic) bond motifs is 1. The molecule has 0 fully saturated rings. The summed E-state index contributed by atoms with van der Waals surface area (Å²) in [5, 5.41) is 8.88. The first kappa shape index (κ1) is 14.4. The summed E-state index contributed by atoms with van der Waals surface area (Å²) in [6, 6.07) is 0. The van der Waals surface area contributed by atoms with Gasteiger partial charge < -0.3 is 14.6 Å². The number of aliphatic hydroxyl groups excluding tert-OH is 1. The van der Waals surface area contributed by atoms with E-state index < -0.39 is 24.5 Å². The van der Waals surface area contributed by atoms with Gasteiger partial charge in [0.2, 0.25) is 6.41 Å². The number of aryl methyl sites for hydroxylation is 1. The minimum atomic E-state index is -0.986. The average Bonchev–Trinajstić information content (AvgIpc) is 2.87. The summed E-state index contributed by atoms with van der Waals surface area (Å²) >= 11 is 0. The molecule has 9 heteroatoms. The molecule has 0 saturated heterocycles. The molecule has 0 radical (unpaired) electrons. The van der Waals surface area contributed by atoms with Crippen molar-refractivity contribution in [3.05, 3.63) is 27.2 Å². The molecule has 9 nitrogen and oxygen atoms in total. The highest BCUT2D eigenvalue weighted by molar-refractivity contribution is 5.70. The van der Waals surface area contributed by atoms with Crippen LogP contribution < -0.4 is 11.2 Å². The molecule has 110 valence electrons. The SMILES string of the molecule is CCOC(OCO)n1cnc2c1c(=O)n(C)c(=O)n2C. The highest BCUT2D eigenvalue weighted by Gasteiger charge is 2.20. The average molecular weight is 284 g/mol. The highest BCUT2D eigenvalue weighted by Crippen LogP contribution is 2.15. The summed E-state index contributed by atoms with van der Waals surface area (Å²) in [6.45, 7) is 1.49. The Balaban J connectivity index is 2.73. The lowest BCUT2D eigenvalue weighted by molar-refractivity contribution is -0.220. The van der Waals surface area contributed by atoms with Gasteiger partial charge in [-0.05, 0) is 6.92 Å². The van der Waals surface area contributed by atoms with Gasteiger partial charge in [0.25, 0.3) is 5.56 Å². The zero-order valence-electron chi connectivity index (χ0n) is 11.4. The molecule has 2 rings (SSSR count). The Morgan fingerprint density at radius 3 is 2.60 bits per heavy atom. The first-order chi connectivity index (χ1) is 9.52. The quantitative estimate of drug-likeness (QED) is 0.699. The van der Waals surface area contributed by atoms with Crippen LogP contribution in [0.1, 0.15) is 13.3 Å². The third-order valence-electron chi connectivity index (χ3n) is 2.93. The smallest absolute Gasteiger partial charge is 0.332 e. The Morgan fingerprint density at radius 2 is 2.00 bits per heavy atom. The van der Waals surface area contributed by atoms with Crippen molar-refractivity contribution < 1.29 is 14.6 Å². The van der Waals surface area contributed by atoms with E-state index in [0.29, 0.717) is 6.61 Å². The lowest BCUT2D eigenvalue weighted by atomic mass is 10.5. The predicted octanol–water partition coefficient (Wildman–Crippen LogP) is -1.11. The number of hydrogen-bond acceptors (Lipinski definition) is 6. The maximum absolute atomic E-state index is 12.2. The molecule has 0 spiro atoms. The van der Waals surface area contributed by atoms with E-state index in [2.05, 4.69) is 4.98 Å². The normalized spacial score (nSPS) is 13.0. The molecule has 1 atom stereocenters. The second-order valence-corrected chi connectivity index (χ2v) is 4.09. The molecule has 0 aromatic carbocycles. The lowest BCUT2D eigenvalue weighted by Crippen LogP contribution is -2.38. The Labute approximate surface area is 113 Å². The molecule has 1 unspecified atom stereocenters. The lowest BCUT2D eigenvalue weighted by Gasteiger charge is -2.18. The Bertz CT molecular complexity index is 723. The summed E-state index contributed by atoms with van der Waals surface area (Å²) in [5.74, 6) is 0. The molecule has 0 aliphatic heterocycles. The summed E-state index contributed by atoms with van der Waals surface area (Å²) in [6.07, 6.45) is 0.349. The molecule has 0 aliphatic rings. The zero-order chi connectivity index (χ0) is 14.9. The van der Waals surface area contributed by atoms with Crippen molar-refractivity contribution in [1.29, 1.82) is 0 Å². The van der Waals surface area contributed by atoms with Gasteiger partial charge in [-0.25, -0.2) is 9.78 Å². The third kappa shape index (κ3) is 2.15. The van der Waals surface area contributed by atoms with E-state index in [1.165, 1.54) is 29.6 Å². The minimum absolute atomic E-state index is 0.168. The van der Waals surface area contributed by atoms with Crippen LogP contribution in [-0.2, 0) is 23.6 Å². The summed E-state index contributed by atoms with van der Waals surface area (Å²) in [7, 11) is 2.90. The van der Waals surface area contributed by atoms with E-state index in [9.17, 15) is 9.59 Å². The second kappa shape index (κ2) is 5.57. The van der Waals surface area contributed by atoms with Crippen LogP contribution in [0.3, 0.4) is 0 Å². The summed E-state index contributed by atoms with van der Waals surface area (Å²) < 4.78 is 13.9. The van der Waals surface area contributed by atoms with Gasteiger partial charge in [-0.1, -0.05) is 0 Å². The zero-order valence-corrected chi connectivity index (χ0v) is 11.4. The number of aliphatic hydroxyl groups is 1. The molecule has 0 amide bonds. The molecule has 2 aromatic heterocycles. The van der Waals surface area contributed by atoms with Crippen LogP contribution in [0.5, 0.6) is 0 Å². The Hall–Kier alpha value is -1.97. The van der Waals surface area contributed by atoms with E-state index in [-0.39, 0.29) is 11.2 Å². The number of rotatable bonds is 5. The van der Waals surface area contributed by atoms with Gasteiger partial charge in [0, 0.05) is 20.7 Å². The second-order valence-electron chi connectivity index (χ2n) is 4.09. The highest BCUT2D eigenvalue weighted by atomic mass is 16.7. The Kier molecular flexibility index (Phi) is 4.02. The Morgan fingerprint density at radius 1 is 1.30 bits per heavy atom. The van der Waals surface area contributed by atoms with Gasteiger partial charge in [-0.3, -0.25) is 18.5 Å². The topological polar surface area (TPSA) is 101 Å². The van der Waals surface area contributed by atoms with Crippen LogP contribution in [0, 0.1) is 0 Å². The van der Waals surface area contributed by atoms with Gasteiger partial charge in [0.05, 0.1) is 0 Å². The van der Waals surface area contributed by atoms with Crippen LogP contribution in [0.15, 0.2) is 15.9 Å².